The van der Waals surface area contributed by atoms with Gasteiger partial charge in [0.2, 0.25) is 0 Å². The van der Waals surface area contributed by atoms with Gasteiger partial charge in [-0.05, 0) is 57.2 Å². The first-order chi connectivity index (χ1) is 11.6. The SMILES string of the molecule is CC1CCCN(C(N)=NC[C@@H]2CCCN(C)[C@H]2c2ccnn2C)C1. The minimum atomic E-state index is 0.378. The maximum Gasteiger partial charge on any atom is 0.191 e. The number of guanidine groups is 1. The monoisotopic (exact) mass is 332 g/mol. The molecular weight excluding hydrogens is 300 g/mol. The van der Waals surface area contributed by atoms with E-state index in [1.165, 1.54) is 31.4 Å². The van der Waals surface area contributed by atoms with Crippen molar-refractivity contribution in [2.75, 3.05) is 33.2 Å². The summed E-state index contributed by atoms with van der Waals surface area (Å²) < 4.78 is 2.00. The zero-order valence-corrected chi connectivity index (χ0v) is 15.4. The molecule has 2 saturated heterocycles. The molecule has 24 heavy (non-hydrogen) atoms. The molecule has 0 aromatic carbocycles. The van der Waals surface area contributed by atoms with E-state index < -0.39 is 0 Å². The molecule has 2 fully saturated rings. The highest BCUT2D eigenvalue weighted by atomic mass is 15.3. The van der Waals surface area contributed by atoms with Crippen LogP contribution in [0.4, 0.5) is 0 Å². The highest BCUT2D eigenvalue weighted by Crippen LogP contribution is 2.34. The first kappa shape index (κ1) is 17.3. The number of likely N-dealkylation sites (tertiary alicyclic amines) is 2. The van der Waals surface area contributed by atoms with Crippen molar-refractivity contribution in [3.05, 3.63) is 18.0 Å². The molecule has 3 atom stereocenters. The molecular formula is C18H32N6. The van der Waals surface area contributed by atoms with Crippen LogP contribution in [0.15, 0.2) is 17.3 Å². The number of piperidine rings is 2. The van der Waals surface area contributed by atoms with Crippen molar-refractivity contribution in [2.45, 2.75) is 38.6 Å². The van der Waals surface area contributed by atoms with Crippen LogP contribution in [0.1, 0.15) is 44.3 Å². The van der Waals surface area contributed by atoms with Crippen molar-refractivity contribution < 1.29 is 0 Å². The minimum absolute atomic E-state index is 0.378. The maximum absolute atomic E-state index is 6.30. The number of hydrogen-bond donors (Lipinski definition) is 1. The minimum Gasteiger partial charge on any atom is -0.370 e. The van der Waals surface area contributed by atoms with Crippen LogP contribution >= 0.6 is 0 Å². The molecule has 0 spiro atoms. The Morgan fingerprint density at radius 3 is 2.79 bits per heavy atom. The molecule has 0 bridgehead atoms. The summed E-state index contributed by atoms with van der Waals surface area (Å²) in [5, 5.41) is 4.36. The largest absolute Gasteiger partial charge is 0.370 e. The Hall–Kier alpha value is -1.56. The molecule has 0 aliphatic carbocycles. The highest BCUT2D eigenvalue weighted by molar-refractivity contribution is 5.78. The summed E-state index contributed by atoms with van der Waals surface area (Å²) >= 11 is 0. The first-order valence-corrected chi connectivity index (χ1v) is 9.29. The van der Waals surface area contributed by atoms with Gasteiger partial charge in [0.15, 0.2) is 5.96 Å². The van der Waals surface area contributed by atoms with Crippen LogP contribution in [0.3, 0.4) is 0 Å². The van der Waals surface area contributed by atoms with Gasteiger partial charge < -0.3 is 10.6 Å². The number of hydrogen-bond acceptors (Lipinski definition) is 3. The second kappa shape index (κ2) is 7.55. The smallest absolute Gasteiger partial charge is 0.191 e. The van der Waals surface area contributed by atoms with E-state index in [4.69, 9.17) is 10.7 Å². The molecule has 0 radical (unpaired) electrons. The number of aromatic nitrogens is 2. The van der Waals surface area contributed by atoms with Gasteiger partial charge >= 0.3 is 0 Å². The van der Waals surface area contributed by atoms with Gasteiger partial charge in [0, 0.05) is 32.9 Å². The lowest BCUT2D eigenvalue weighted by Crippen LogP contribution is -2.44. The zero-order chi connectivity index (χ0) is 17.1. The Bertz CT molecular complexity index is 566. The topological polar surface area (TPSA) is 62.7 Å². The van der Waals surface area contributed by atoms with Gasteiger partial charge in [0.1, 0.15) is 0 Å². The summed E-state index contributed by atoms with van der Waals surface area (Å²) in [5.41, 5.74) is 7.58. The lowest BCUT2D eigenvalue weighted by molar-refractivity contribution is 0.118. The Kier molecular flexibility index (Phi) is 5.43. The molecule has 2 aliphatic rings. The Labute approximate surface area is 145 Å². The maximum atomic E-state index is 6.30. The quantitative estimate of drug-likeness (QED) is 0.678. The number of nitrogens with zero attached hydrogens (tertiary/aromatic N) is 5. The second-order valence-corrected chi connectivity index (χ2v) is 7.60. The predicted molar refractivity (Wildman–Crippen MR) is 97.8 cm³/mol. The van der Waals surface area contributed by atoms with Crippen molar-refractivity contribution >= 4 is 5.96 Å². The molecule has 1 unspecified atom stereocenters. The summed E-state index contributed by atoms with van der Waals surface area (Å²) in [7, 11) is 4.24. The number of aryl methyl sites for hydroxylation is 1. The Morgan fingerprint density at radius 1 is 1.29 bits per heavy atom. The van der Waals surface area contributed by atoms with Gasteiger partial charge in [-0.3, -0.25) is 14.6 Å². The molecule has 6 nitrogen and oxygen atoms in total. The summed E-state index contributed by atoms with van der Waals surface area (Å²) in [6.45, 7) is 6.33. The van der Waals surface area contributed by atoms with Crippen LogP contribution in [-0.4, -0.2) is 58.8 Å². The third-order valence-corrected chi connectivity index (χ3v) is 5.64. The van der Waals surface area contributed by atoms with E-state index in [2.05, 4.69) is 34.9 Å². The molecule has 1 aromatic rings. The molecule has 0 saturated carbocycles. The van der Waals surface area contributed by atoms with Crippen LogP contribution in [0.2, 0.25) is 0 Å². The van der Waals surface area contributed by atoms with Crippen LogP contribution < -0.4 is 5.73 Å². The van der Waals surface area contributed by atoms with E-state index in [1.807, 2.05) is 17.9 Å². The third-order valence-electron chi connectivity index (χ3n) is 5.64. The van der Waals surface area contributed by atoms with Crippen molar-refractivity contribution in [1.82, 2.24) is 19.6 Å². The van der Waals surface area contributed by atoms with E-state index in [1.54, 1.807) is 0 Å². The lowest BCUT2D eigenvalue weighted by Gasteiger charge is -2.39. The fourth-order valence-electron chi connectivity index (χ4n) is 4.30. The Morgan fingerprint density at radius 2 is 2.08 bits per heavy atom. The molecule has 1 aromatic heterocycles. The molecule has 3 heterocycles. The van der Waals surface area contributed by atoms with E-state index in [9.17, 15) is 0 Å². The summed E-state index contributed by atoms with van der Waals surface area (Å²) in [4.78, 5) is 9.50. The van der Waals surface area contributed by atoms with Gasteiger partial charge in [-0.2, -0.15) is 5.10 Å². The average Bonchev–Trinajstić information content (AvgIpc) is 2.98. The van der Waals surface area contributed by atoms with E-state index in [0.29, 0.717) is 12.0 Å². The van der Waals surface area contributed by atoms with Crippen LogP contribution in [0.5, 0.6) is 0 Å². The average molecular weight is 332 g/mol. The highest BCUT2D eigenvalue weighted by Gasteiger charge is 2.32. The molecule has 3 rings (SSSR count). The number of aliphatic imine (C=N–C) groups is 1. The number of nitrogens with two attached hydrogens (primary N) is 1. The molecule has 6 heteroatoms. The first-order valence-electron chi connectivity index (χ1n) is 9.29. The third kappa shape index (κ3) is 3.74. The van der Waals surface area contributed by atoms with Gasteiger partial charge in [-0.25, -0.2) is 0 Å². The molecule has 2 N–H and O–H groups in total. The standard InChI is InChI=1S/C18H32N6/c1-14-6-4-11-24(13-14)18(19)20-12-15-7-5-10-22(2)17(15)16-8-9-21-23(16)3/h8-9,14-15,17H,4-7,10-13H2,1-3H3,(H2,19,20)/t14?,15-,17+/m0/s1. The van der Waals surface area contributed by atoms with E-state index in [0.717, 1.165) is 38.1 Å². The van der Waals surface area contributed by atoms with Crippen molar-refractivity contribution in [3.63, 3.8) is 0 Å². The molecule has 134 valence electrons. The fourth-order valence-corrected chi connectivity index (χ4v) is 4.30. The second-order valence-electron chi connectivity index (χ2n) is 7.60. The normalized spacial score (nSPS) is 29.9. The van der Waals surface area contributed by atoms with Gasteiger partial charge in [-0.15, -0.1) is 0 Å². The molecule has 0 amide bonds. The van der Waals surface area contributed by atoms with Gasteiger partial charge in [-0.1, -0.05) is 6.92 Å². The van der Waals surface area contributed by atoms with Crippen LogP contribution in [0, 0.1) is 11.8 Å². The summed E-state index contributed by atoms with van der Waals surface area (Å²) in [5.74, 6) is 1.95. The van der Waals surface area contributed by atoms with Crippen LogP contribution in [0.25, 0.3) is 0 Å². The summed E-state index contributed by atoms with van der Waals surface area (Å²) in [6.07, 6.45) is 6.85. The van der Waals surface area contributed by atoms with Crippen molar-refractivity contribution in [2.24, 2.45) is 29.6 Å². The lowest BCUT2D eigenvalue weighted by atomic mass is 9.87. The summed E-state index contributed by atoms with van der Waals surface area (Å²) in [6, 6.07) is 2.52. The van der Waals surface area contributed by atoms with Crippen molar-refractivity contribution in [3.8, 4) is 0 Å². The van der Waals surface area contributed by atoms with E-state index >= 15 is 0 Å². The van der Waals surface area contributed by atoms with Crippen molar-refractivity contribution in [1.29, 1.82) is 0 Å². The zero-order valence-electron chi connectivity index (χ0n) is 15.4. The van der Waals surface area contributed by atoms with Gasteiger partial charge in [0.25, 0.3) is 0 Å². The number of rotatable bonds is 3. The fraction of sp³-hybridized carbons (Fsp3) is 0.778. The predicted octanol–water partition coefficient (Wildman–Crippen LogP) is 1.85. The van der Waals surface area contributed by atoms with Crippen LogP contribution in [-0.2, 0) is 7.05 Å². The Balaban J connectivity index is 1.70. The van der Waals surface area contributed by atoms with E-state index in [-0.39, 0.29) is 0 Å². The van der Waals surface area contributed by atoms with Gasteiger partial charge in [0.05, 0.1) is 11.7 Å². The molecule has 2 aliphatic heterocycles.